The van der Waals surface area contributed by atoms with Gasteiger partial charge in [0.1, 0.15) is 12.4 Å². The molecule has 2 aromatic rings. The average Bonchev–Trinajstić information content (AvgIpc) is 3.14. The van der Waals surface area contributed by atoms with E-state index in [1.807, 2.05) is 18.2 Å². The Bertz CT molecular complexity index is 743. The van der Waals surface area contributed by atoms with Crippen molar-refractivity contribution in [2.75, 3.05) is 7.11 Å². The van der Waals surface area contributed by atoms with E-state index in [1.54, 1.807) is 7.11 Å². The largest absolute Gasteiger partial charge is 0.377 e. The van der Waals surface area contributed by atoms with Crippen LogP contribution < -0.4 is 0 Å². The van der Waals surface area contributed by atoms with Gasteiger partial charge < -0.3 is 14.2 Å². The van der Waals surface area contributed by atoms with Crippen LogP contribution in [-0.4, -0.2) is 44.8 Å². The molecule has 1 aromatic carbocycles. The van der Waals surface area contributed by atoms with Crippen molar-refractivity contribution in [3.63, 3.8) is 0 Å². The molecule has 1 amide bonds. The normalized spacial score (nSPS) is 21.9. The maximum atomic E-state index is 12.9. The fourth-order valence-electron chi connectivity index (χ4n) is 4.16. The van der Waals surface area contributed by atoms with Gasteiger partial charge in [-0.15, -0.1) is 10.2 Å². The van der Waals surface area contributed by atoms with Crippen molar-refractivity contribution in [3.8, 4) is 0 Å². The van der Waals surface area contributed by atoms with Crippen LogP contribution in [0.25, 0.3) is 0 Å². The number of benzene rings is 1. The van der Waals surface area contributed by atoms with Crippen LogP contribution in [0.3, 0.4) is 0 Å². The monoisotopic (exact) mass is 340 g/mol. The third-order valence-corrected chi connectivity index (χ3v) is 5.37. The molecule has 6 heteroatoms. The number of aryl methyl sites for hydroxylation is 1. The van der Waals surface area contributed by atoms with E-state index in [0.717, 1.165) is 43.9 Å². The van der Waals surface area contributed by atoms with Crippen LogP contribution in [-0.2, 0) is 35.5 Å². The maximum Gasteiger partial charge on any atom is 0.223 e. The molecule has 25 heavy (non-hydrogen) atoms. The lowest BCUT2D eigenvalue weighted by molar-refractivity contribution is -0.134. The van der Waals surface area contributed by atoms with Gasteiger partial charge >= 0.3 is 0 Å². The molecular formula is C19H24N4O2. The Morgan fingerprint density at radius 2 is 2.00 bits per heavy atom. The molecule has 2 atom stereocenters. The lowest BCUT2D eigenvalue weighted by Crippen LogP contribution is -2.42. The first-order valence-corrected chi connectivity index (χ1v) is 9.01. The summed E-state index contributed by atoms with van der Waals surface area (Å²) in [5, 5.41) is 8.59. The predicted molar refractivity (Wildman–Crippen MR) is 92.9 cm³/mol. The number of methoxy groups -OCH3 is 1. The van der Waals surface area contributed by atoms with Gasteiger partial charge in [-0.2, -0.15) is 0 Å². The van der Waals surface area contributed by atoms with E-state index >= 15 is 0 Å². The van der Waals surface area contributed by atoms with E-state index in [-0.39, 0.29) is 18.0 Å². The Labute approximate surface area is 147 Å². The zero-order chi connectivity index (χ0) is 17.2. The van der Waals surface area contributed by atoms with E-state index in [2.05, 4.69) is 31.8 Å². The van der Waals surface area contributed by atoms with Crippen molar-refractivity contribution in [2.45, 2.75) is 57.3 Å². The highest BCUT2D eigenvalue weighted by atomic mass is 16.5. The van der Waals surface area contributed by atoms with Crippen LogP contribution in [0.4, 0.5) is 0 Å². The topological polar surface area (TPSA) is 60.3 Å². The predicted octanol–water partition coefficient (Wildman–Crippen LogP) is 1.97. The lowest BCUT2D eigenvalue weighted by Gasteiger charge is -2.28. The second kappa shape index (κ2) is 6.96. The molecular weight excluding hydrogens is 316 g/mol. The molecule has 1 aromatic heterocycles. The number of hydrogen-bond acceptors (Lipinski definition) is 4. The smallest absolute Gasteiger partial charge is 0.223 e. The minimum Gasteiger partial charge on any atom is -0.377 e. The molecule has 0 saturated carbocycles. The minimum atomic E-state index is 0.251. The first-order valence-electron chi connectivity index (χ1n) is 9.01. The first-order chi connectivity index (χ1) is 12.3. The van der Waals surface area contributed by atoms with Gasteiger partial charge in [-0.1, -0.05) is 30.3 Å². The highest BCUT2D eigenvalue weighted by molar-refractivity contribution is 5.77. The van der Waals surface area contributed by atoms with E-state index in [0.29, 0.717) is 13.0 Å². The van der Waals surface area contributed by atoms with Gasteiger partial charge in [0.15, 0.2) is 5.82 Å². The molecule has 6 nitrogen and oxygen atoms in total. The summed E-state index contributed by atoms with van der Waals surface area (Å²) in [6, 6.07) is 10.7. The number of carbonyl (C=O) groups is 1. The van der Waals surface area contributed by atoms with Crippen molar-refractivity contribution in [2.24, 2.45) is 0 Å². The van der Waals surface area contributed by atoms with Gasteiger partial charge in [0.05, 0.1) is 6.04 Å². The van der Waals surface area contributed by atoms with Crippen LogP contribution in [0.2, 0.25) is 0 Å². The van der Waals surface area contributed by atoms with Crippen LogP contribution in [0.1, 0.15) is 36.5 Å². The van der Waals surface area contributed by atoms with Gasteiger partial charge in [0, 0.05) is 32.5 Å². The molecule has 4 rings (SSSR count). The number of fused-ring (bicyclic) bond motifs is 3. The summed E-state index contributed by atoms with van der Waals surface area (Å²) in [4.78, 5) is 15.1. The van der Waals surface area contributed by atoms with E-state index in [4.69, 9.17) is 4.74 Å². The minimum absolute atomic E-state index is 0.251. The molecule has 0 aliphatic carbocycles. The highest BCUT2D eigenvalue weighted by Gasteiger charge is 2.40. The van der Waals surface area contributed by atoms with Gasteiger partial charge in [-0.05, 0) is 24.8 Å². The average molecular weight is 340 g/mol. The molecule has 1 fully saturated rings. The van der Waals surface area contributed by atoms with Crippen LogP contribution in [0, 0.1) is 0 Å². The summed E-state index contributed by atoms with van der Waals surface area (Å²) in [5.74, 6) is 2.12. The van der Waals surface area contributed by atoms with Crippen molar-refractivity contribution in [1.29, 1.82) is 0 Å². The number of nitrogens with zero attached hydrogens (tertiary/aromatic N) is 4. The first kappa shape index (κ1) is 16.3. The van der Waals surface area contributed by atoms with Crippen molar-refractivity contribution in [1.82, 2.24) is 19.7 Å². The molecule has 2 aliphatic heterocycles. The Balaban J connectivity index is 1.47. The number of amides is 1. The van der Waals surface area contributed by atoms with Crippen LogP contribution in [0.5, 0.6) is 0 Å². The number of ether oxygens (including phenoxy) is 1. The zero-order valence-electron chi connectivity index (χ0n) is 14.6. The summed E-state index contributed by atoms with van der Waals surface area (Å²) < 4.78 is 7.39. The Morgan fingerprint density at radius 1 is 1.20 bits per heavy atom. The Hall–Kier alpha value is -2.21. The summed E-state index contributed by atoms with van der Waals surface area (Å²) in [5.41, 5.74) is 1.22. The fraction of sp³-hybridized carbons (Fsp3) is 0.526. The van der Waals surface area contributed by atoms with E-state index in [1.165, 1.54) is 5.56 Å². The molecule has 0 radical (unpaired) electrons. The van der Waals surface area contributed by atoms with E-state index < -0.39 is 0 Å². The molecule has 2 aliphatic rings. The summed E-state index contributed by atoms with van der Waals surface area (Å²) in [7, 11) is 1.67. The second-order valence-electron chi connectivity index (χ2n) is 6.95. The van der Waals surface area contributed by atoms with Crippen molar-refractivity contribution in [3.05, 3.63) is 47.5 Å². The summed E-state index contributed by atoms with van der Waals surface area (Å²) >= 11 is 0. The number of aromatic nitrogens is 3. The molecule has 3 heterocycles. The van der Waals surface area contributed by atoms with Crippen molar-refractivity contribution < 1.29 is 9.53 Å². The third kappa shape index (κ3) is 3.18. The number of rotatable bonds is 5. The molecule has 1 saturated heterocycles. The lowest BCUT2D eigenvalue weighted by atomic mass is 10.1. The molecule has 2 unspecified atom stereocenters. The number of carbonyl (C=O) groups excluding carboxylic acids is 1. The van der Waals surface area contributed by atoms with E-state index in [9.17, 15) is 4.79 Å². The van der Waals surface area contributed by atoms with Gasteiger partial charge in [0.2, 0.25) is 5.91 Å². The Morgan fingerprint density at radius 3 is 2.80 bits per heavy atom. The third-order valence-electron chi connectivity index (χ3n) is 5.37. The summed E-state index contributed by atoms with van der Waals surface area (Å²) in [6.45, 7) is 1.25. The Kier molecular flexibility index (Phi) is 4.53. The number of hydrogen-bond donors (Lipinski definition) is 0. The quantitative estimate of drug-likeness (QED) is 0.835. The second-order valence-corrected chi connectivity index (χ2v) is 6.95. The standard InChI is InChI=1S/C19H24N4O2/c1-25-13-18-21-20-17-11-15-8-9-16(12-22(17)18)23(15)19(24)10-7-14-5-3-2-4-6-14/h2-6,15-16H,7-13H2,1H3. The fourth-order valence-corrected chi connectivity index (χ4v) is 4.16. The SMILES string of the molecule is COCc1nnc2n1CC1CCC(C2)N1C(=O)CCc1ccccc1. The maximum absolute atomic E-state index is 12.9. The molecule has 132 valence electrons. The highest BCUT2D eigenvalue weighted by Crippen LogP contribution is 2.32. The summed E-state index contributed by atoms with van der Waals surface area (Å²) in [6.07, 6.45) is 4.30. The molecule has 0 N–H and O–H groups in total. The molecule has 2 bridgehead atoms. The van der Waals surface area contributed by atoms with Gasteiger partial charge in [-0.25, -0.2) is 0 Å². The van der Waals surface area contributed by atoms with Crippen molar-refractivity contribution >= 4 is 5.91 Å². The zero-order valence-corrected chi connectivity index (χ0v) is 14.6. The molecule has 0 spiro atoms. The van der Waals surface area contributed by atoms with Crippen LogP contribution >= 0.6 is 0 Å². The van der Waals surface area contributed by atoms with Gasteiger partial charge in [0.25, 0.3) is 0 Å². The van der Waals surface area contributed by atoms with Crippen LogP contribution in [0.15, 0.2) is 30.3 Å². The van der Waals surface area contributed by atoms with Gasteiger partial charge in [-0.3, -0.25) is 4.79 Å².